The molecule has 2 rings (SSSR count). The summed E-state index contributed by atoms with van der Waals surface area (Å²) in [5, 5.41) is 0.410. The molecule has 2 atom stereocenters. The van der Waals surface area contributed by atoms with Gasteiger partial charge in [0, 0.05) is 18.3 Å². The molecule has 1 aliphatic rings. The molecule has 0 aromatic heterocycles. The van der Waals surface area contributed by atoms with Crippen LogP contribution in [0.5, 0.6) is 0 Å². The third kappa shape index (κ3) is 2.47. The maximum Gasteiger partial charge on any atom is 0.141 e. The average Bonchev–Trinajstić information content (AvgIpc) is 2.69. The summed E-state index contributed by atoms with van der Waals surface area (Å²) in [6, 6.07) is 8.10. The van der Waals surface area contributed by atoms with Crippen molar-refractivity contribution in [2.75, 3.05) is 13.1 Å². The predicted octanol–water partition coefficient (Wildman–Crippen LogP) is 2.24. The molecule has 0 saturated carbocycles. The van der Waals surface area contributed by atoms with Gasteiger partial charge in [0.2, 0.25) is 0 Å². The fourth-order valence-electron chi connectivity index (χ4n) is 2.16. The molecule has 3 heteroatoms. The number of thiol groups is 1. The highest BCUT2D eigenvalue weighted by atomic mass is 32.1. The van der Waals surface area contributed by atoms with Crippen LogP contribution in [0.2, 0.25) is 0 Å². The first-order chi connectivity index (χ1) is 7.70. The zero-order valence-corrected chi connectivity index (χ0v) is 10.4. The van der Waals surface area contributed by atoms with Crippen LogP contribution in [-0.2, 0) is 4.79 Å². The Morgan fingerprint density at radius 3 is 2.62 bits per heavy atom. The first-order valence-corrected chi connectivity index (χ1v) is 6.16. The Morgan fingerprint density at radius 2 is 2.12 bits per heavy atom. The molecular weight excluding hydrogens is 218 g/mol. The Balaban J connectivity index is 2.16. The summed E-state index contributed by atoms with van der Waals surface area (Å²) in [5.74, 6) is 0. The van der Waals surface area contributed by atoms with Crippen molar-refractivity contribution < 1.29 is 4.79 Å². The Kier molecular flexibility index (Phi) is 3.66. The summed E-state index contributed by atoms with van der Waals surface area (Å²) in [5.41, 5.74) is 2.31. The van der Waals surface area contributed by atoms with E-state index in [2.05, 4.69) is 36.6 Å². The topological polar surface area (TPSA) is 20.3 Å². The molecule has 0 spiro atoms. The quantitative estimate of drug-likeness (QED) is 0.640. The van der Waals surface area contributed by atoms with Crippen molar-refractivity contribution in [3.8, 4) is 0 Å². The van der Waals surface area contributed by atoms with Crippen LogP contribution < -0.4 is 0 Å². The summed E-state index contributed by atoms with van der Waals surface area (Å²) < 4.78 is 0. The van der Waals surface area contributed by atoms with Gasteiger partial charge in [-0.25, -0.2) is 0 Å². The molecule has 2 unspecified atom stereocenters. The molecule has 1 aliphatic heterocycles. The molecule has 0 bridgehead atoms. The number of aldehydes is 1. The number of likely N-dealkylation sites (tertiary alicyclic amines) is 1. The molecule has 16 heavy (non-hydrogen) atoms. The van der Waals surface area contributed by atoms with Gasteiger partial charge in [0.05, 0.1) is 6.04 Å². The number of carbonyl (C=O) groups is 1. The summed E-state index contributed by atoms with van der Waals surface area (Å²) in [6.45, 7) is 3.92. The van der Waals surface area contributed by atoms with Gasteiger partial charge in [0.25, 0.3) is 0 Å². The van der Waals surface area contributed by atoms with E-state index in [9.17, 15) is 4.79 Å². The summed E-state index contributed by atoms with van der Waals surface area (Å²) in [6.07, 6.45) is 2.11. The summed E-state index contributed by atoms with van der Waals surface area (Å²) in [7, 11) is 0. The van der Waals surface area contributed by atoms with E-state index in [0.717, 1.165) is 31.4 Å². The van der Waals surface area contributed by atoms with Crippen molar-refractivity contribution in [2.45, 2.75) is 24.6 Å². The van der Waals surface area contributed by atoms with Gasteiger partial charge < -0.3 is 4.79 Å². The maximum atomic E-state index is 11.2. The third-order valence-electron chi connectivity index (χ3n) is 3.14. The van der Waals surface area contributed by atoms with Gasteiger partial charge in [-0.15, -0.1) is 0 Å². The second-order valence-corrected chi connectivity index (χ2v) is 5.16. The normalized spacial score (nSPS) is 23.2. The summed E-state index contributed by atoms with van der Waals surface area (Å²) in [4.78, 5) is 13.4. The van der Waals surface area contributed by atoms with Crippen LogP contribution in [-0.4, -0.2) is 29.5 Å². The number of nitrogens with zero attached hydrogens (tertiary/aromatic N) is 1. The number of aryl methyl sites for hydroxylation is 1. The molecule has 0 radical (unpaired) electrons. The van der Waals surface area contributed by atoms with E-state index in [1.165, 1.54) is 5.56 Å². The van der Waals surface area contributed by atoms with Crippen LogP contribution in [0.3, 0.4) is 0 Å². The fraction of sp³-hybridized carbons (Fsp3) is 0.462. The van der Waals surface area contributed by atoms with Crippen molar-refractivity contribution in [3.05, 3.63) is 35.4 Å². The van der Waals surface area contributed by atoms with E-state index in [1.54, 1.807) is 0 Å². The number of carbonyl (C=O) groups excluding carboxylic acids is 1. The molecule has 0 aliphatic carbocycles. The van der Waals surface area contributed by atoms with Crippen LogP contribution in [0.4, 0.5) is 0 Å². The largest absolute Gasteiger partial charge is 0.301 e. The van der Waals surface area contributed by atoms with Crippen molar-refractivity contribution in [3.63, 3.8) is 0 Å². The molecule has 1 saturated heterocycles. The van der Waals surface area contributed by atoms with Gasteiger partial charge in [0.15, 0.2) is 0 Å². The fourth-order valence-corrected chi connectivity index (χ4v) is 2.49. The zero-order valence-electron chi connectivity index (χ0n) is 9.47. The molecular formula is C13H17NOS. The minimum Gasteiger partial charge on any atom is -0.301 e. The second kappa shape index (κ2) is 5.02. The van der Waals surface area contributed by atoms with Gasteiger partial charge in [-0.2, -0.15) is 12.6 Å². The zero-order chi connectivity index (χ0) is 11.5. The number of hydrogen-bond donors (Lipinski definition) is 1. The highest BCUT2D eigenvalue weighted by Crippen LogP contribution is 2.25. The van der Waals surface area contributed by atoms with E-state index in [4.69, 9.17) is 0 Å². The van der Waals surface area contributed by atoms with Crippen LogP contribution in [0.25, 0.3) is 0 Å². The maximum absolute atomic E-state index is 11.2. The Bertz CT molecular complexity index is 363. The minimum absolute atomic E-state index is 0.0993. The number of hydrogen-bond acceptors (Lipinski definition) is 3. The average molecular weight is 235 g/mol. The molecule has 1 fully saturated rings. The van der Waals surface area contributed by atoms with Gasteiger partial charge in [-0.05, 0) is 18.9 Å². The van der Waals surface area contributed by atoms with Crippen LogP contribution in [0.15, 0.2) is 24.3 Å². The van der Waals surface area contributed by atoms with E-state index >= 15 is 0 Å². The van der Waals surface area contributed by atoms with Crippen molar-refractivity contribution in [1.29, 1.82) is 0 Å². The Hall–Kier alpha value is -0.800. The van der Waals surface area contributed by atoms with Gasteiger partial charge >= 0.3 is 0 Å². The van der Waals surface area contributed by atoms with E-state index < -0.39 is 0 Å². The monoisotopic (exact) mass is 235 g/mol. The van der Waals surface area contributed by atoms with Crippen molar-refractivity contribution >= 4 is 18.9 Å². The molecule has 1 aromatic carbocycles. The first-order valence-electron chi connectivity index (χ1n) is 5.64. The van der Waals surface area contributed by atoms with E-state index in [-0.39, 0.29) is 6.04 Å². The van der Waals surface area contributed by atoms with E-state index in [1.807, 2.05) is 12.1 Å². The Morgan fingerprint density at radius 1 is 1.44 bits per heavy atom. The van der Waals surface area contributed by atoms with Gasteiger partial charge in [-0.1, -0.05) is 29.8 Å². The molecule has 0 N–H and O–H groups in total. The lowest BCUT2D eigenvalue weighted by molar-refractivity contribution is -0.112. The van der Waals surface area contributed by atoms with Crippen molar-refractivity contribution in [1.82, 2.24) is 4.90 Å². The van der Waals surface area contributed by atoms with E-state index in [0.29, 0.717) is 5.25 Å². The number of rotatable bonds is 3. The SMILES string of the molecule is Cc1ccc(C(C=O)N2CCC(S)C2)cc1. The Labute approximate surface area is 102 Å². The third-order valence-corrected chi connectivity index (χ3v) is 3.56. The lowest BCUT2D eigenvalue weighted by Gasteiger charge is -2.23. The summed E-state index contributed by atoms with van der Waals surface area (Å²) >= 11 is 4.46. The van der Waals surface area contributed by atoms with Crippen LogP contribution >= 0.6 is 12.6 Å². The van der Waals surface area contributed by atoms with Crippen molar-refractivity contribution in [2.24, 2.45) is 0 Å². The lowest BCUT2D eigenvalue weighted by atomic mass is 10.1. The van der Waals surface area contributed by atoms with Crippen LogP contribution in [0, 0.1) is 6.92 Å². The smallest absolute Gasteiger partial charge is 0.141 e. The highest BCUT2D eigenvalue weighted by molar-refractivity contribution is 7.81. The molecule has 0 amide bonds. The molecule has 1 aromatic rings. The first kappa shape index (κ1) is 11.7. The standard InChI is InChI=1S/C13H17NOS/c1-10-2-4-11(5-3-10)13(9-15)14-7-6-12(16)8-14/h2-5,9,12-13,16H,6-8H2,1H3. The minimum atomic E-state index is -0.0993. The lowest BCUT2D eigenvalue weighted by Crippen LogP contribution is -2.27. The number of benzene rings is 1. The van der Waals surface area contributed by atoms with Gasteiger partial charge in [-0.3, -0.25) is 4.90 Å². The highest BCUT2D eigenvalue weighted by Gasteiger charge is 2.26. The predicted molar refractivity (Wildman–Crippen MR) is 68.9 cm³/mol. The molecule has 2 nitrogen and oxygen atoms in total. The van der Waals surface area contributed by atoms with Gasteiger partial charge in [0.1, 0.15) is 6.29 Å². The van der Waals surface area contributed by atoms with Crippen LogP contribution in [0.1, 0.15) is 23.6 Å². The molecule has 86 valence electrons. The molecule has 1 heterocycles. The second-order valence-electron chi connectivity index (χ2n) is 4.43.